The van der Waals surface area contributed by atoms with E-state index in [9.17, 15) is 8.42 Å². The van der Waals surface area contributed by atoms with Gasteiger partial charge in [0.15, 0.2) is 0 Å². The van der Waals surface area contributed by atoms with E-state index < -0.39 is 15.8 Å². The largest absolute Gasteiger partial charge is 0.497 e. The van der Waals surface area contributed by atoms with Crippen LogP contribution in [-0.2, 0) is 16.6 Å². The molecule has 198 valence electrons. The number of nitrogens with one attached hydrogen (secondary N) is 1. The number of benzene rings is 3. The van der Waals surface area contributed by atoms with E-state index in [1.807, 2.05) is 18.2 Å². The standard InChI is InChI=1S/C29H31FN4O3S/c1-29(2,3)33-28-25-16-20(6-14-27(25)31-18-32-28)19-5-13-26(30)21(15-19)17-34(22-7-8-22)38(35,36)24-11-9-23(37-4)10-12-24/h5-6,9-16,18,22H,7-8,17H2,1-4H3,(H,31,32,33). The number of nitrogens with zero attached hydrogens (tertiary/aromatic N) is 3. The molecule has 0 aliphatic heterocycles. The number of anilines is 1. The molecule has 1 N–H and O–H groups in total. The third-order valence-electron chi connectivity index (χ3n) is 6.45. The number of rotatable bonds is 8. The van der Waals surface area contributed by atoms with Crippen LogP contribution < -0.4 is 10.1 Å². The van der Waals surface area contributed by atoms with Crippen LogP contribution in [-0.4, -0.2) is 41.4 Å². The lowest BCUT2D eigenvalue weighted by Gasteiger charge is -2.23. The molecule has 7 nitrogen and oxygen atoms in total. The summed E-state index contributed by atoms with van der Waals surface area (Å²) >= 11 is 0. The van der Waals surface area contributed by atoms with Crippen LogP contribution in [0.15, 0.2) is 71.9 Å². The second kappa shape index (κ2) is 9.96. The molecule has 0 radical (unpaired) electrons. The molecule has 0 unspecified atom stereocenters. The lowest BCUT2D eigenvalue weighted by molar-refractivity contribution is 0.391. The van der Waals surface area contributed by atoms with Gasteiger partial charge in [-0.05, 0) is 93.3 Å². The minimum atomic E-state index is -3.82. The molecule has 3 aromatic carbocycles. The van der Waals surface area contributed by atoms with Gasteiger partial charge in [-0.3, -0.25) is 0 Å². The summed E-state index contributed by atoms with van der Waals surface area (Å²) in [6.07, 6.45) is 3.04. The number of ether oxygens (including phenoxy) is 1. The van der Waals surface area contributed by atoms with Crippen LogP contribution >= 0.6 is 0 Å². The van der Waals surface area contributed by atoms with Crippen LogP contribution in [0.5, 0.6) is 5.75 Å². The minimum Gasteiger partial charge on any atom is -0.497 e. The smallest absolute Gasteiger partial charge is 0.243 e. The second-order valence-electron chi connectivity index (χ2n) is 10.6. The van der Waals surface area contributed by atoms with Gasteiger partial charge in [0, 0.05) is 29.1 Å². The van der Waals surface area contributed by atoms with Crippen LogP contribution in [0.1, 0.15) is 39.2 Å². The number of aromatic nitrogens is 2. The first kappa shape index (κ1) is 26.1. The predicted molar refractivity (Wildman–Crippen MR) is 147 cm³/mol. The fourth-order valence-electron chi connectivity index (χ4n) is 4.39. The maximum Gasteiger partial charge on any atom is 0.243 e. The lowest BCUT2D eigenvalue weighted by atomic mass is 10.0. The van der Waals surface area contributed by atoms with Crippen LogP contribution in [0.25, 0.3) is 22.0 Å². The second-order valence-corrected chi connectivity index (χ2v) is 12.5. The van der Waals surface area contributed by atoms with Gasteiger partial charge in [0.2, 0.25) is 10.0 Å². The molecular weight excluding hydrogens is 503 g/mol. The van der Waals surface area contributed by atoms with E-state index in [2.05, 4.69) is 36.1 Å². The van der Waals surface area contributed by atoms with Crippen LogP contribution in [0, 0.1) is 5.82 Å². The molecule has 1 heterocycles. The maximum absolute atomic E-state index is 15.1. The highest BCUT2D eigenvalue weighted by Crippen LogP contribution is 2.35. The monoisotopic (exact) mass is 534 g/mol. The molecule has 38 heavy (non-hydrogen) atoms. The zero-order valence-corrected chi connectivity index (χ0v) is 22.7. The molecule has 4 aromatic rings. The van der Waals surface area contributed by atoms with Gasteiger partial charge in [-0.25, -0.2) is 22.8 Å². The van der Waals surface area contributed by atoms with Gasteiger partial charge in [-0.15, -0.1) is 0 Å². The SMILES string of the molecule is COc1ccc(S(=O)(=O)N(Cc2cc(-c3ccc4ncnc(NC(C)(C)C)c4c3)ccc2F)C2CC2)cc1. The van der Waals surface area contributed by atoms with Crippen molar-refractivity contribution in [3.8, 4) is 16.9 Å². The summed E-state index contributed by atoms with van der Waals surface area (Å²) < 4.78 is 48.7. The lowest BCUT2D eigenvalue weighted by Crippen LogP contribution is -2.33. The molecule has 1 aromatic heterocycles. The molecule has 9 heteroatoms. The summed E-state index contributed by atoms with van der Waals surface area (Å²) in [6, 6.07) is 16.8. The third-order valence-corrected chi connectivity index (χ3v) is 8.37. The van der Waals surface area contributed by atoms with Gasteiger partial charge < -0.3 is 10.1 Å². The number of hydrogen-bond donors (Lipinski definition) is 1. The van der Waals surface area contributed by atoms with E-state index in [1.165, 1.54) is 35.9 Å². The summed E-state index contributed by atoms with van der Waals surface area (Å²) in [6.45, 7) is 6.13. The average Bonchev–Trinajstić information content (AvgIpc) is 3.72. The molecule has 1 saturated carbocycles. The van der Waals surface area contributed by atoms with Gasteiger partial charge in [-0.2, -0.15) is 4.31 Å². The zero-order chi connectivity index (χ0) is 27.1. The molecule has 0 bridgehead atoms. The highest BCUT2D eigenvalue weighted by Gasteiger charge is 2.38. The van der Waals surface area contributed by atoms with Gasteiger partial charge >= 0.3 is 0 Å². The highest BCUT2D eigenvalue weighted by molar-refractivity contribution is 7.89. The van der Waals surface area contributed by atoms with Gasteiger partial charge in [-0.1, -0.05) is 12.1 Å². The first-order chi connectivity index (χ1) is 18.0. The molecule has 1 fully saturated rings. The molecule has 1 aliphatic rings. The molecule has 5 rings (SSSR count). The van der Waals surface area contributed by atoms with Gasteiger partial charge in [0.25, 0.3) is 0 Å². The Balaban J connectivity index is 1.49. The Labute approximate surface area is 222 Å². The first-order valence-corrected chi connectivity index (χ1v) is 14.0. The average molecular weight is 535 g/mol. The van der Waals surface area contributed by atoms with Crippen molar-refractivity contribution in [1.82, 2.24) is 14.3 Å². The Morgan fingerprint density at radius 2 is 1.68 bits per heavy atom. The van der Waals surface area contributed by atoms with Crippen molar-refractivity contribution < 1.29 is 17.5 Å². The maximum atomic E-state index is 15.1. The van der Waals surface area contributed by atoms with Gasteiger partial charge in [0.05, 0.1) is 17.5 Å². The van der Waals surface area contributed by atoms with Crippen molar-refractivity contribution in [1.29, 1.82) is 0 Å². The van der Waals surface area contributed by atoms with Crippen LogP contribution in [0.4, 0.5) is 10.2 Å². The van der Waals surface area contributed by atoms with Gasteiger partial charge in [0.1, 0.15) is 23.7 Å². The Morgan fingerprint density at radius 3 is 2.34 bits per heavy atom. The van der Waals surface area contributed by atoms with E-state index in [0.29, 0.717) is 11.3 Å². The van der Waals surface area contributed by atoms with E-state index in [4.69, 9.17) is 4.74 Å². The van der Waals surface area contributed by atoms with E-state index in [-0.39, 0.29) is 23.0 Å². The fourth-order valence-corrected chi connectivity index (χ4v) is 6.05. The molecule has 0 atom stereocenters. The quantitative estimate of drug-likeness (QED) is 0.298. The molecule has 1 aliphatic carbocycles. The summed E-state index contributed by atoms with van der Waals surface area (Å²) in [5.41, 5.74) is 2.57. The number of hydrogen-bond acceptors (Lipinski definition) is 6. The Kier molecular flexibility index (Phi) is 6.83. The number of methoxy groups -OCH3 is 1. The number of fused-ring (bicyclic) bond motifs is 1. The van der Waals surface area contributed by atoms with Crippen molar-refractivity contribution in [3.05, 3.63) is 78.4 Å². The summed E-state index contributed by atoms with van der Waals surface area (Å²) in [4.78, 5) is 8.97. The van der Waals surface area contributed by atoms with Crippen LogP contribution in [0.3, 0.4) is 0 Å². The van der Waals surface area contributed by atoms with E-state index in [0.717, 1.165) is 40.7 Å². The Morgan fingerprint density at radius 1 is 1.00 bits per heavy atom. The number of halogens is 1. The molecule has 0 amide bonds. The van der Waals surface area contributed by atoms with Crippen molar-refractivity contribution in [2.75, 3.05) is 12.4 Å². The van der Waals surface area contributed by atoms with E-state index >= 15 is 4.39 Å². The molecule has 0 saturated heterocycles. The third kappa shape index (κ3) is 5.49. The van der Waals surface area contributed by atoms with E-state index in [1.54, 1.807) is 24.3 Å². The summed E-state index contributed by atoms with van der Waals surface area (Å²) in [5, 5.41) is 4.27. The molecular formula is C29H31FN4O3S. The Hall–Kier alpha value is -3.56. The van der Waals surface area contributed by atoms with Crippen molar-refractivity contribution in [2.24, 2.45) is 0 Å². The molecule has 0 spiro atoms. The number of sulfonamides is 1. The summed E-state index contributed by atoms with van der Waals surface area (Å²) in [7, 11) is -2.29. The predicted octanol–water partition coefficient (Wildman–Crippen LogP) is 6.01. The fraction of sp³-hybridized carbons (Fsp3) is 0.310. The van der Waals surface area contributed by atoms with Crippen molar-refractivity contribution in [3.63, 3.8) is 0 Å². The van der Waals surface area contributed by atoms with Crippen LogP contribution in [0.2, 0.25) is 0 Å². The topological polar surface area (TPSA) is 84.4 Å². The van der Waals surface area contributed by atoms with Crippen molar-refractivity contribution in [2.45, 2.75) is 56.6 Å². The summed E-state index contributed by atoms with van der Waals surface area (Å²) in [5.74, 6) is 0.850. The van der Waals surface area contributed by atoms with Crippen molar-refractivity contribution >= 4 is 26.7 Å². The highest BCUT2D eigenvalue weighted by atomic mass is 32.2. The minimum absolute atomic E-state index is 0.0494. The normalized spacial score (nSPS) is 14.2. The first-order valence-electron chi connectivity index (χ1n) is 12.5. The zero-order valence-electron chi connectivity index (χ0n) is 21.9. The Bertz CT molecular complexity index is 1580.